The lowest BCUT2D eigenvalue weighted by atomic mass is 9.60. The molecule has 0 heterocycles. The third-order valence-corrected chi connectivity index (χ3v) is 4.82. The standard InChI is InChI=1S/C15H21NO/c1-4-11-14-12-8-10(17-3)6-5-9(12)7-13(14)15(11)16-2/h5-6,8,11,13-16H,4,7H2,1-3H3. The maximum Gasteiger partial charge on any atom is 0.119 e. The van der Waals surface area contributed by atoms with Crippen molar-refractivity contribution in [1.29, 1.82) is 0 Å². The number of rotatable bonds is 3. The van der Waals surface area contributed by atoms with E-state index in [1.165, 1.54) is 18.4 Å². The van der Waals surface area contributed by atoms with Gasteiger partial charge in [-0.15, -0.1) is 0 Å². The second-order valence-corrected chi connectivity index (χ2v) is 5.35. The van der Waals surface area contributed by atoms with Crippen molar-refractivity contribution in [3.63, 3.8) is 0 Å². The Kier molecular flexibility index (Phi) is 2.62. The summed E-state index contributed by atoms with van der Waals surface area (Å²) in [5.41, 5.74) is 3.09. The summed E-state index contributed by atoms with van der Waals surface area (Å²) >= 11 is 0. The zero-order chi connectivity index (χ0) is 12.0. The number of fused-ring (bicyclic) bond motifs is 3. The smallest absolute Gasteiger partial charge is 0.119 e. The van der Waals surface area contributed by atoms with Crippen molar-refractivity contribution >= 4 is 0 Å². The highest BCUT2D eigenvalue weighted by atomic mass is 16.5. The third kappa shape index (κ3) is 1.43. The van der Waals surface area contributed by atoms with Crippen molar-refractivity contribution in [3.8, 4) is 5.75 Å². The SMILES string of the molecule is CCC1C(NC)C2Cc3ccc(OC)cc3C12. The second-order valence-electron chi connectivity index (χ2n) is 5.35. The molecule has 4 atom stereocenters. The highest BCUT2D eigenvalue weighted by Gasteiger charge is 2.52. The van der Waals surface area contributed by atoms with Crippen LogP contribution in [0, 0.1) is 11.8 Å². The van der Waals surface area contributed by atoms with E-state index in [1.807, 2.05) is 0 Å². The van der Waals surface area contributed by atoms with E-state index >= 15 is 0 Å². The third-order valence-electron chi connectivity index (χ3n) is 4.82. The van der Waals surface area contributed by atoms with Crippen molar-refractivity contribution < 1.29 is 4.74 Å². The molecule has 0 spiro atoms. The molecule has 1 aromatic rings. The summed E-state index contributed by atoms with van der Waals surface area (Å²) in [7, 11) is 3.86. The van der Waals surface area contributed by atoms with Crippen LogP contribution in [0.2, 0.25) is 0 Å². The van der Waals surface area contributed by atoms with Gasteiger partial charge in [-0.2, -0.15) is 0 Å². The molecule has 0 aliphatic heterocycles. The Morgan fingerprint density at radius 3 is 2.88 bits per heavy atom. The van der Waals surface area contributed by atoms with Crippen molar-refractivity contribution in [1.82, 2.24) is 5.32 Å². The summed E-state index contributed by atoms with van der Waals surface area (Å²) in [4.78, 5) is 0. The number of benzene rings is 1. The first kappa shape index (κ1) is 11.1. The van der Waals surface area contributed by atoms with E-state index in [-0.39, 0.29) is 0 Å². The number of nitrogens with one attached hydrogen (secondary N) is 1. The van der Waals surface area contributed by atoms with Crippen molar-refractivity contribution in [2.75, 3.05) is 14.2 Å². The number of methoxy groups -OCH3 is 1. The lowest BCUT2D eigenvalue weighted by molar-refractivity contribution is 0.0857. The fourth-order valence-electron chi connectivity index (χ4n) is 4.04. The van der Waals surface area contributed by atoms with Gasteiger partial charge in [-0.25, -0.2) is 0 Å². The van der Waals surface area contributed by atoms with Gasteiger partial charge in [-0.1, -0.05) is 19.4 Å². The van der Waals surface area contributed by atoms with Crippen molar-refractivity contribution in [2.24, 2.45) is 11.8 Å². The molecule has 0 radical (unpaired) electrons. The lowest BCUT2D eigenvalue weighted by Crippen LogP contribution is -2.54. The summed E-state index contributed by atoms with van der Waals surface area (Å²) in [5, 5.41) is 3.51. The normalized spacial score (nSPS) is 33.8. The van der Waals surface area contributed by atoms with E-state index in [0.717, 1.165) is 23.5 Å². The van der Waals surface area contributed by atoms with Crippen LogP contribution >= 0.6 is 0 Å². The first-order valence-corrected chi connectivity index (χ1v) is 6.64. The number of hydrogen-bond donors (Lipinski definition) is 1. The Labute approximate surface area is 103 Å². The molecule has 0 aromatic heterocycles. The summed E-state index contributed by atoms with van der Waals surface area (Å²) in [6.07, 6.45) is 2.51. The summed E-state index contributed by atoms with van der Waals surface area (Å²) in [5.74, 6) is 3.39. The van der Waals surface area contributed by atoms with Gasteiger partial charge in [0.1, 0.15) is 5.75 Å². The van der Waals surface area contributed by atoms with Crippen LogP contribution in [0.3, 0.4) is 0 Å². The van der Waals surface area contributed by atoms with Gasteiger partial charge in [0.05, 0.1) is 7.11 Å². The van der Waals surface area contributed by atoms with Gasteiger partial charge in [-0.3, -0.25) is 0 Å². The maximum atomic E-state index is 5.35. The van der Waals surface area contributed by atoms with Crippen molar-refractivity contribution in [2.45, 2.75) is 31.7 Å². The quantitative estimate of drug-likeness (QED) is 0.863. The van der Waals surface area contributed by atoms with Gasteiger partial charge in [0.2, 0.25) is 0 Å². The van der Waals surface area contributed by atoms with E-state index in [2.05, 4.69) is 37.5 Å². The molecule has 4 unspecified atom stereocenters. The molecule has 1 aromatic carbocycles. The number of ether oxygens (including phenoxy) is 1. The Balaban J connectivity index is 1.94. The van der Waals surface area contributed by atoms with Crippen LogP contribution in [0.15, 0.2) is 18.2 Å². The molecule has 2 aliphatic rings. The van der Waals surface area contributed by atoms with E-state index < -0.39 is 0 Å². The zero-order valence-corrected chi connectivity index (χ0v) is 10.9. The monoisotopic (exact) mass is 231 g/mol. The molecule has 0 saturated heterocycles. The molecule has 1 saturated carbocycles. The molecule has 0 amide bonds. The Morgan fingerprint density at radius 2 is 2.24 bits per heavy atom. The first-order chi connectivity index (χ1) is 8.30. The molecule has 2 aliphatic carbocycles. The van der Waals surface area contributed by atoms with E-state index in [0.29, 0.717) is 6.04 Å². The summed E-state index contributed by atoms with van der Waals surface area (Å²) in [6.45, 7) is 2.31. The van der Waals surface area contributed by atoms with Crippen LogP contribution in [0.5, 0.6) is 5.75 Å². The fraction of sp³-hybridized carbons (Fsp3) is 0.600. The van der Waals surface area contributed by atoms with Gasteiger partial charge < -0.3 is 10.1 Å². The topological polar surface area (TPSA) is 21.3 Å². The molecule has 0 bridgehead atoms. The van der Waals surface area contributed by atoms with E-state index in [1.54, 1.807) is 12.7 Å². The highest BCUT2D eigenvalue weighted by molar-refractivity contribution is 5.45. The van der Waals surface area contributed by atoms with Crippen molar-refractivity contribution in [3.05, 3.63) is 29.3 Å². The van der Waals surface area contributed by atoms with Crippen LogP contribution in [-0.2, 0) is 6.42 Å². The molecule has 2 heteroatoms. The van der Waals surface area contributed by atoms with Crippen LogP contribution in [0.4, 0.5) is 0 Å². The summed E-state index contributed by atoms with van der Waals surface area (Å²) in [6, 6.07) is 7.32. The Hall–Kier alpha value is -1.02. The second kappa shape index (κ2) is 4.02. The molecule has 92 valence electrons. The predicted molar refractivity (Wildman–Crippen MR) is 69.6 cm³/mol. The molecular weight excluding hydrogens is 210 g/mol. The molecule has 1 N–H and O–H groups in total. The van der Waals surface area contributed by atoms with Gasteiger partial charge in [0.15, 0.2) is 0 Å². The zero-order valence-electron chi connectivity index (χ0n) is 10.9. The fourth-order valence-corrected chi connectivity index (χ4v) is 4.04. The molecule has 17 heavy (non-hydrogen) atoms. The largest absolute Gasteiger partial charge is 0.497 e. The van der Waals surface area contributed by atoms with Crippen LogP contribution in [0.1, 0.15) is 30.4 Å². The van der Waals surface area contributed by atoms with Crippen LogP contribution in [0.25, 0.3) is 0 Å². The van der Waals surface area contributed by atoms with Gasteiger partial charge >= 0.3 is 0 Å². The molecule has 3 rings (SSSR count). The highest BCUT2D eigenvalue weighted by Crippen LogP contribution is 2.56. The molecular formula is C15H21NO. The van der Waals surface area contributed by atoms with E-state index in [9.17, 15) is 0 Å². The van der Waals surface area contributed by atoms with Crippen LogP contribution < -0.4 is 10.1 Å². The van der Waals surface area contributed by atoms with Gasteiger partial charge in [-0.05, 0) is 54.5 Å². The Morgan fingerprint density at radius 1 is 1.41 bits per heavy atom. The first-order valence-electron chi connectivity index (χ1n) is 6.64. The van der Waals surface area contributed by atoms with Gasteiger partial charge in [0.25, 0.3) is 0 Å². The molecule has 1 fully saturated rings. The minimum Gasteiger partial charge on any atom is -0.497 e. The lowest BCUT2D eigenvalue weighted by Gasteiger charge is -2.49. The minimum atomic E-state index is 0.711. The number of hydrogen-bond acceptors (Lipinski definition) is 2. The molecule has 2 nitrogen and oxygen atoms in total. The Bertz CT molecular complexity index is 423. The average Bonchev–Trinajstić information content (AvgIpc) is 2.65. The van der Waals surface area contributed by atoms with E-state index in [4.69, 9.17) is 4.74 Å². The maximum absolute atomic E-state index is 5.35. The predicted octanol–water partition coefficient (Wildman–Crippen LogP) is 2.58. The summed E-state index contributed by atoms with van der Waals surface area (Å²) < 4.78 is 5.35. The average molecular weight is 231 g/mol. The minimum absolute atomic E-state index is 0.711. The van der Waals surface area contributed by atoms with Crippen LogP contribution in [-0.4, -0.2) is 20.2 Å². The van der Waals surface area contributed by atoms with Gasteiger partial charge in [0, 0.05) is 6.04 Å².